The number of hydrogen-bond acceptors (Lipinski definition) is 4. The second-order valence-electron chi connectivity index (χ2n) is 7.87. The van der Waals surface area contributed by atoms with Crippen molar-refractivity contribution in [3.63, 3.8) is 0 Å². The van der Waals surface area contributed by atoms with Crippen molar-refractivity contribution in [2.75, 3.05) is 59.5 Å². The molecule has 0 aromatic heterocycles. The van der Waals surface area contributed by atoms with Crippen molar-refractivity contribution < 1.29 is 9.53 Å². The van der Waals surface area contributed by atoms with E-state index in [1.54, 1.807) is 0 Å². The quantitative estimate of drug-likeness (QED) is 0.446. The number of aryl methyl sites for hydroxylation is 1. The molecule has 0 radical (unpaired) electrons. The summed E-state index contributed by atoms with van der Waals surface area (Å²) in [6.45, 7) is 10.7. The molecule has 7 nitrogen and oxygen atoms in total. The summed E-state index contributed by atoms with van der Waals surface area (Å²) in [6.07, 6.45) is 2.28. The Labute approximate surface area is 174 Å². The summed E-state index contributed by atoms with van der Waals surface area (Å²) in [6, 6.07) is 8.06. The third-order valence-corrected chi connectivity index (χ3v) is 5.82. The van der Waals surface area contributed by atoms with Gasteiger partial charge in [-0.1, -0.05) is 17.7 Å². The van der Waals surface area contributed by atoms with Crippen molar-refractivity contribution in [1.29, 1.82) is 0 Å². The summed E-state index contributed by atoms with van der Waals surface area (Å²) >= 11 is 0. The fourth-order valence-corrected chi connectivity index (χ4v) is 3.98. The maximum Gasteiger partial charge on any atom is 0.239 e. The van der Waals surface area contributed by atoms with E-state index in [-0.39, 0.29) is 11.9 Å². The zero-order valence-electron chi connectivity index (χ0n) is 18.1. The number of guanidine groups is 1. The first-order valence-electron chi connectivity index (χ1n) is 10.8. The normalized spacial score (nSPS) is 19.3. The van der Waals surface area contributed by atoms with Gasteiger partial charge in [0.15, 0.2) is 5.96 Å². The molecule has 1 amide bonds. The average molecular weight is 402 g/mol. The monoisotopic (exact) mass is 401 g/mol. The number of nitrogens with one attached hydrogen (secondary N) is 1. The standard InChI is InChI=1S/C22H35N5O2/c1-18-6-8-20(9-7-18)29-17-10-24-22(23-3)27-15-13-25(14-16-27)19(2)21(28)26-11-4-5-12-26/h6-9,19H,4-5,10-17H2,1-3H3,(H,23,24). The Morgan fingerprint density at radius 3 is 2.34 bits per heavy atom. The number of ether oxygens (including phenoxy) is 1. The lowest BCUT2D eigenvalue weighted by molar-refractivity contribution is -0.135. The Balaban J connectivity index is 1.39. The van der Waals surface area contributed by atoms with E-state index in [0.29, 0.717) is 13.2 Å². The van der Waals surface area contributed by atoms with Gasteiger partial charge in [0.2, 0.25) is 5.91 Å². The van der Waals surface area contributed by atoms with Crippen molar-refractivity contribution in [2.45, 2.75) is 32.7 Å². The molecule has 2 fully saturated rings. The molecule has 1 unspecified atom stereocenters. The first-order valence-corrected chi connectivity index (χ1v) is 10.8. The molecule has 2 aliphatic rings. The minimum atomic E-state index is -0.0341. The van der Waals surface area contributed by atoms with E-state index < -0.39 is 0 Å². The van der Waals surface area contributed by atoms with E-state index in [2.05, 4.69) is 39.2 Å². The van der Waals surface area contributed by atoms with Crippen LogP contribution in [0.25, 0.3) is 0 Å². The number of aliphatic imine (C=N–C) groups is 1. The summed E-state index contributed by atoms with van der Waals surface area (Å²) < 4.78 is 5.78. The van der Waals surface area contributed by atoms with E-state index in [0.717, 1.165) is 63.8 Å². The zero-order valence-corrected chi connectivity index (χ0v) is 18.1. The zero-order chi connectivity index (χ0) is 20.6. The lowest BCUT2D eigenvalue weighted by atomic mass is 10.2. The summed E-state index contributed by atoms with van der Waals surface area (Å²) in [4.78, 5) is 23.6. The molecule has 1 atom stereocenters. The molecule has 1 aromatic rings. The van der Waals surface area contributed by atoms with Gasteiger partial charge in [-0.05, 0) is 38.8 Å². The largest absolute Gasteiger partial charge is 0.492 e. The van der Waals surface area contributed by atoms with E-state index >= 15 is 0 Å². The molecule has 1 N–H and O–H groups in total. The average Bonchev–Trinajstić information content (AvgIpc) is 3.29. The Bertz CT molecular complexity index is 677. The van der Waals surface area contributed by atoms with Gasteiger partial charge in [0.1, 0.15) is 12.4 Å². The number of carbonyl (C=O) groups excluding carboxylic acids is 1. The fourth-order valence-electron chi connectivity index (χ4n) is 3.98. The predicted octanol–water partition coefficient (Wildman–Crippen LogP) is 1.58. The molecular weight excluding hydrogens is 366 g/mol. The highest BCUT2D eigenvalue weighted by Crippen LogP contribution is 2.14. The molecule has 160 valence electrons. The molecule has 7 heteroatoms. The Morgan fingerprint density at radius 1 is 1.07 bits per heavy atom. The van der Waals surface area contributed by atoms with Crippen LogP contribution in [0.4, 0.5) is 0 Å². The van der Waals surface area contributed by atoms with Crippen LogP contribution in [0.1, 0.15) is 25.3 Å². The fraction of sp³-hybridized carbons (Fsp3) is 0.636. The molecular formula is C22H35N5O2. The smallest absolute Gasteiger partial charge is 0.239 e. The van der Waals surface area contributed by atoms with Crippen LogP contribution < -0.4 is 10.1 Å². The molecule has 2 aliphatic heterocycles. The van der Waals surface area contributed by atoms with Crippen LogP contribution in [0.3, 0.4) is 0 Å². The van der Waals surface area contributed by atoms with Gasteiger partial charge < -0.3 is 19.9 Å². The van der Waals surface area contributed by atoms with Crippen molar-refractivity contribution in [3.05, 3.63) is 29.8 Å². The van der Waals surface area contributed by atoms with E-state index in [9.17, 15) is 4.79 Å². The second kappa shape index (κ2) is 10.5. The third kappa shape index (κ3) is 5.85. The minimum Gasteiger partial charge on any atom is -0.492 e. The maximum absolute atomic E-state index is 12.6. The summed E-state index contributed by atoms with van der Waals surface area (Å²) in [5.41, 5.74) is 1.23. The second-order valence-corrected chi connectivity index (χ2v) is 7.87. The highest BCUT2D eigenvalue weighted by atomic mass is 16.5. The number of benzene rings is 1. The van der Waals surface area contributed by atoms with Crippen LogP contribution in [0.2, 0.25) is 0 Å². The molecule has 0 aliphatic carbocycles. The lowest BCUT2D eigenvalue weighted by Gasteiger charge is -2.39. The minimum absolute atomic E-state index is 0.0341. The van der Waals surface area contributed by atoms with E-state index in [4.69, 9.17) is 4.74 Å². The molecule has 29 heavy (non-hydrogen) atoms. The number of likely N-dealkylation sites (tertiary alicyclic amines) is 1. The highest BCUT2D eigenvalue weighted by molar-refractivity contribution is 5.82. The molecule has 2 saturated heterocycles. The molecule has 0 bridgehead atoms. The van der Waals surface area contributed by atoms with Gasteiger partial charge in [0.05, 0.1) is 12.6 Å². The number of piperazine rings is 1. The molecule has 0 spiro atoms. The van der Waals surface area contributed by atoms with Crippen molar-refractivity contribution in [3.8, 4) is 5.75 Å². The van der Waals surface area contributed by atoms with Crippen LogP contribution in [0.15, 0.2) is 29.3 Å². The SMILES string of the molecule is CN=C(NCCOc1ccc(C)cc1)N1CCN(C(C)C(=O)N2CCCC2)CC1. The van der Waals surface area contributed by atoms with Gasteiger partial charge in [-0.3, -0.25) is 14.7 Å². The molecule has 3 rings (SSSR count). The Morgan fingerprint density at radius 2 is 1.72 bits per heavy atom. The summed E-state index contributed by atoms with van der Waals surface area (Å²) in [5, 5.41) is 3.39. The van der Waals surface area contributed by atoms with Crippen molar-refractivity contribution >= 4 is 11.9 Å². The number of amides is 1. The van der Waals surface area contributed by atoms with Gasteiger partial charge in [0.25, 0.3) is 0 Å². The Kier molecular flexibility index (Phi) is 7.75. The first kappa shape index (κ1) is 21.4. The van der Waals surface area contributed by atoms with Gasteiger partial charge in [0, 0.05) is 46.3 Å². The van der Waals surface area contributed by atoms with Crippen LogP contribution >= 0.6 is 0 Å². The maximum atomic E-state index is 12.6. The molecule has 2 heterocycles. The molecule has 0 saturated carbocycles. The van der Waals surface area contributed by atoms with Gasteiger partial charge in [-0.2, -0.15) is 0 Å². The van der Waals surface area contributed by atoms with E-state index in [1.165, 1.54) is 5.56 Å². The number of nitrogens with zero attached hydrogens (tertiary/aromatic N) is 4. The van der Waals surface area contributed by atoms with Crippen LogP contribution in [-0.2, 0) is 4.79 Å². The first-order chi connectivity index (χ1) is 14.1. The summed E-state index contributed by atoms with van der Waals surface area (Å²) in [7, 11) is 1.81. The third-order valence-electron chi connectivity index (χ3n) is 5.82. The van der Waals surface area contributed by atoms with Gasteiger partial charge in [-0.25, -0.2) is 0 Å². The van der Waals surface area contributed by atoms with Crippen LogP contribution in [0, 0.1) is 6.92 Å². The number of carbonyl (C=O) groups is 1. The summed E-state index contributed by atoms with van der Waals surface area (Å²) in [5.74, 6) is 2.07. The predicted molar refractivity (Wildman–Crippen MR) is 116 cm³/mol. The van der Waals surface area contributed by atoms with Crippen LogP contribution in [-0.4, -0.2) is 92.1 Å². The van der Waals surface area contributed by atoms with Gasteiger partial charge >= 0.3 is 0 Å². The van der Waals surface area contributed by atoms with Gasteiger partial charge in [-0.15, -0.1) is 0 Å². The van der Waals surface area contributed by atoms with E-state index in [1.807, 2.05) is 31.0 Å². The lowest BCUT2D eigenvalue weighted by Crippen LogP contribution is -2.57. The molecule has 1 aromatic carbocycles. The highest BCUT2D eigenvalue weighted by Gasteiger charge is 2.30. The Hall–Kier alpha value is -2.28. The topological polar surface area (TPSA) is 60.4 Å². The van der Waals surface area contributed by atoms with Crippen molar-refractivity contribution in [1.82, 2.24) is 20.0 Å². The van der Waals surface area contributed by atoms with Crippen LogP contribution in [0.5, 0.6) is 5.75 Å². The number of rotatable bonds is 6. The van der Waals surface area contributed by atoms with Crippen molar-refractivity contribution in [2.24, 2.45) is 4.99 Å². The number of hydrogen-bond donors (Lipinski definition) is 1.